The van der Waals surface area contributed by atoms with Gasteiger partial charge in [-0.15, -0.1) is 0 Å². The van der Waals surface area contributed by atoms with E-state index in [-0.39, 0.29) is 17.2 Å². The minimum atomic E-state index is -1.04. The van der Waals surface area contributed by atoms with Gasteiger partial charge in [-0.3, -0.25) is 4.79 Å². The van der Waals surface area contributed by atoms with E-state index >= 15 is 0 Å². The highest BCUT2D eigenvalue weighted by atomic mass is 79.9. The molecule has 0 saturated heterocycles. The number of aromatic carboxylic acids is 1. The summed E-state index contributed by atoms with van der Waals surface area (Å²) >= 11 is 3.28. The molecular weight excluding hydrogens is 428 g/mol. The number of hydrogen-bond acceptors (Lipinski definition) is 5. The van der Waals surface area contributed by atoms with Crippen LogP contribution in [-0.4, -0.2) is 34.4 Å². The Balaban J connectivity index is 1.93. The molecule has 3 rings (SSSR count). The molecule has 144 valence electrons. The number of halogens is 1. The van der Waals surface area contributed by atoms with Gasteiger partial charge >= 0.3 is 5.97 Å². The Kier molecular flexibility index (Phi) is 5.51. The van der Waals surface area contributed by atoms with Crippen molar-refractivity contribution in [3.63, 3.8) is 0 Å². The van der Waals surface area contributed by atoms with Crippen LogP contribution in [0.1, 0.15) is 29.8 Å². The zero-order valence-electron chi connectivity index (χ0n) is 15.1. The topological polar surface area (TPSA) is 99.4 Å². The van der Waals surface area contributed by atoms with Crippen LogP contribution in [0.5, 0.6) is 11.5 Å². The zero-order chi connectivity index (χ0) is 20.4. The number of rotatable bonds is 5. The molecule has 0 aromatic heterocycles. The fourth-order valence-electron chi connectivity index (χ4n) is 2.71. The molecule has 2 aromatic carbocycles. The highest BCUT2D eigenvalue weighted by molar-refractivity contribution is 9.10. The lowest BCUT2D eigenvalue weighted by molar-refractivity contribution is -0.114. The molecule has 2 aromatic rings. The molecule has 0 bridgehead atoms. The van der Waals surface area contributed by atoms with Crippen LogP contribution in [0.3, 0.4) is 0 Å². The second-order valence-corrected chi connectivity index (χ2v) is 6.85. The van der Waals surface area contributed by atoms with Crippen molar-refractivity contribution in [3.8, 4) is 11.5 Å². The van der Waals surface area contributed by atoms with E-state index in [1.807, 2.05) is 6.92 Å². The SMILES string of the molecule is CCOc1cc(/C=C2/C(=O)N(c3ccc(C(=O)O)cc3)N=C2C)cc(Br)c1O. The lowest BCUT2D eigenvalue weighted by atomic mass is 10.1. The van der Waals surface area contributed by atoms with Gasteiger partial charge in [-0.1, -0.05) is 0 Å². The molecular formula is C20H17BrN2O5. The first-order chi connectivity index (χ1) is 13.3. The van der Waals surface area contributed by atoms with Gasteiger partial charge < -0.3 is 14.9 Å². The fraction of sp³-hybridized carbons (Fsp3) is 0.150. The van der Waals surface area contributed by atoms with Crippen LogP contribution in [-0.2, 0) is 4.79 Å². The molecule has 0 aliphatic carbocycles. The molecule has 0 saturated carbocycles. The molecule has 0 unspecified atom stereocenters. The summed E-state index contributed by atoms with van der Waals surface area (Å²) in [6.45, 7) is 3.91. The molecule has 28 heavy (non-hydrogen) atoms. The van der Waals surface area contributed by atoms with E-state index in [1.165, 1.54) is 29.3 Å². The maximum Gasteiger partial charge on any atom is 0.335 e. The maximum absolute atomic E-state index is 12.8. The number of carbonyl (C=O) groups excluding carboxylic acids is 1. The number of carbonyl (C=O) groups is 2. The van der Waals surface area contributed by atoms with Crippen molar-refractivity contribution >= 4 is 45.3 Å². The molecule has 0 spiro atoms. The lowest BCUT2D eigenvalue weighted by Gasteiger charge is -2.12. The van der Waals surface area contributed by atoms with Crippen molar-refractivity contribution in [2.24, 2.45) is 5.10 Å². The molecule has 0 atom stereocenters. The summed E-state index contributed by atoms with van der Waals surface area (Å²) < 4.78 is 5.86. The predicted molar refractivity (Wildman–Crippen MR) is 109 cm³/mol. The van der Waals surface area contributed by atoms with Gasteiger partial charge in [0.1, 0.15) is 0 Å². The number of carboxylic acid groups (broad SMARTS) is 1. The smallest absolute Gasteiger partial charge is 0.335 e. The van der Waals surface area contributed by atoms with Crippen molar-refractivity contribution in [2.75, 3.05) is 11.6 Å². The van der Waals surface area contributed by atoms with Crippen molar-refractivity contribution < 1.29 is 24.5 Å². The van der Waals surface area contributed by atoms with E-state index in [1.54, 1.807) is 25.1 Å². The van der Waals surface area contributed by atoms with E-state index < -0.39 is 5.97 Å². The largest absolute Gasteiger partial charge is 0.503 e. The highest BCUT2D eigenvalue weighted by Gasteiger charge is 2.29. The van der Waals surface area contributed by atoms with Crippen molar-refractivity contribution in [3.05, 3.63) is 57.6 Å². The Morgan fingerprint density at radius 2 is 1.96 bits per heavy atom. The Morgan fingerprint density at radius 1 is 1.29 bits per heavy atom. The molecule has 0 radical (unpaired) electrons. The number of hydrazone groups is 1. The van der Waals surface area contributed by atoms with Gasteiger partial charge in [0.15, 0.2) is 11.5 Å². The van der Waals surface area contributed by atoms with Gasteiger partial charge in [0.25, 0.3) is 5.91 Å². The summed E-state index contributed by atoms with van der Waals surface area (Å²) in [5.74, 6) is -1.07. The van der Waals surface area contributed by atoms with E-state index in [2.05, 4.69) is 21.0 Å². The number of ether oxygens (including phenoxy) is 1. The average Bonchev–Trinajstić information content (AvgIpc) is 2.94. The summed E-state index contributed by atoms with van der Waals surface area (Å²) in [6, 6.07) is 9.22. The predicted octanol–water partition coefficient (Wildman–Crippen LogP) is 4.06. The standard InChI is InChI=1S/C20H17BrN2O5/c1-3-28-17-10-12(9-16(21)18(17)24)8-15-11(2)22-23(19(15)25)14-6-4-13(5-7-14)20(26)27/h4-10,24H,3H2,1-2H3,(H,26,27)/b15-8+. The van der Waals surface area contributed by atoms with Crippen molar-refractivity contribution in [1.82, 2.24) is 0 Å². The fourth-order valence-corrected chi connectivity index (χ4v) is 3.17. The van der Waals surface area contributed by atoms with Crippen LogP contribution >= 0.6 is 15.9 Å². The summed E-state index contributed by atoms with van der Waals surface area (Å²) in [7, 11) is 0. The summed E-state index contributed by atoms with van der Waals surface area (Å²) in [6.07, 6.45) is 1.67. The van der Waals surface area contributed by atoms with Crippen LogP contribution in [0.2, 0.25) is 0 Å². The summed E-state index contributed by atoms with van der Waals surface area (Å²) in [4.78, 5) is 23.8. The second-order valence-electron chi connectivity index (χ2n) is 5.99. The molecule has 1 aliphatic heterocycles. The van der Waals surface area contributed by atoms with E-state index in [4.69, 9.17) is 9.84 Å². The third-order valence-electron chi connectivity index (χ3n) is 4.08. The number of phenols is 1. The number of nitrogens with zero attached hydrogens (tertiary/aromatic N) is 2. The van der Waals surface area contributed by atoms with Gasteiger partial charge in [0.2, 0.25) is 0 Å². The third kappa shape index (κ3) is 3.77. The number of hydrogen-bond donors (Lipinski definition) is 2. The number of phenolic OH excluding ortho intramolecular Hbond substituents is 1. The average molecular weight is 445 g/mol. The number of aromatic hydroxyl groups is 1. The molecule has 1 aliphatic rings. The monoisotopic (exact) mass is 444 g/mol. The van der Waals surface area contributed by atoms with Crippen LogP contribution in [0.25, 0.3) is 6.08 Å². The first kappa shape index (κ1) is 19.6. The Bertz CT molecular complexity index is 1010. The van der Waals surface area contributed by atoms with E-state index in [0.717, 1.165) is 0 Å². The molecule has 1 heterocycles. The minimum Gasteiger partial charge on any atom is -0.503 e. The Labute approximate surface area is 169 Å². The van der Waals surface area contributed by atoms with E-state index in [0.29, 0.717) is 39.4 Å². The number of benzene rings is 2. The second kappa shape index (κ2) is 7.85. The first-order valence-corrected chi connectivity index (χ1v) is 9.21. The van der Waals surface area contributed by atoms with Crippen LogP contribution in [0.4, 0.5) is 5.69 Å². The summed E-state index contributed by atoms with van der Waals surface area (Å²) in [5.41, 5.74) is 2.18. The molecule has 8 heteroatoms. The molecule has 0 fully saturated rings. The van der Waals surface area contributed by atoms with Crippen molar-refractivity contribution in [2.45, 2.75) is 13.8 Å². The quantitative estimate of drug-likeness (QED) is 0.677. The Morgan fingerprint density at radius 3 is 2.57 bits per heavy atom. The minimum absolute atomic E-state index is 0.00714. The van der Waals surface area contributed by atoms with Gasteiger partial charge in [-0.2, -0.15) is 10.1 Å². The normalized spacial score (nSPS) is 15.1. The molecule has 2 N–H and O–H groups in total. The van der Waals surface area contributed by atoms with Crippen LogP contribution < -0.4 is 9.75 Å². The lowest BCUT2D eigenvalue weighted by Crippen LogP contribution is -2.21. The summed E-state index contributed by atoms with van der Waals surface area (Å²) in [5, 5.41) is 24.5. The molecule has 1 amide bonds. The number of anilines is 1. The van der Waals surface area contributed by atoms with E-state index in [9.17, 15) is 14.7 Å². The van der Waals surface area contributed by atoms with Gasteiger partial charge in [0.05, 0.1) is 33.6 Å². The molecule has 7 nitrogen and oxygen atoms in total. The van der Waals surface area contributed by atoms with Crippen LogP contribution in [0, 0.1) is 0 Å². The number of amides is 1. The van der Waals surface area contributed by atoms with Gasteiger partial charge in [0, 0.05) is 0 Å². The van der Waals surface area contributed by atoms with Crippen LogP contribution in [0.15, 0.2) is 51.5 Å². The first-order valence-electron chi connectivity index (χ1n) is 8.42. The van der Waals surface area contributed by atoms with Gasteiger partial charge in [-0.25, -0.2) is 4.79 Å². The highest BCUT2D eigenvalue weighted by Crippen LogP contribution is 2.36. The zero-order valence-corrected chi connectivity index (χ0v) is 16.7. The van der Waals surface area contributed by atoms with Crippen molar-refractivity contribution in [1.29, 1.82) is 0 Å². The Hall–Kier alpha value is -3.13. The number of carboxylic acids is 1. The third-order valence-corrected chi connectivity index (χ3v) is 4.69. The van der Waals surface area contributed by atoms with Gasteiger partial charge in [-0.05, 0) is 77.8 Å². The maximum atomic E-state index is 12.8.